The fraction of sp³-hybridized carbons (Fsp3) is 0.385. The lowest BCUT2D eigenvalue weighted by molar-refractivity contribution is -0.114. The second kappa shape index (κ2) is 7.50. The molecule has 2 amide bonds. The summed E-state index contributed by atoms with van der Waals surface area (Å²) in [6, 6.07) is 6.10. The summed E-state index contributed by atoms with van der Waals surface area (Å²) in [5.74, 6) is -0.534. The molecule has 1 atom stereocenters. The molecule has 0 saturated heterocycles. The van der Waals surface area contributed by atoms with E-state index < -0.39 is 6.04 Å². The van der Waals surface area contributed by atoms with E-state index in [1.165, 1.54) is 14.0 Å². The highest BCUT2D eigenvalue weighted by Crippen LogP contribution is 2.10. The molecule has 0 saturated carbocycles. The third kappa shape index (κ3) is 5.07. The molecule has 1 unspecified atom stereocenters. The molecule has 3 N–H and O–H groups in total. The van der Waals surface area contributed by atoms with Crippen LogP contribution < -0.4 is 10.6 Å². The van der Waals surface area contributed by atoms with Crippen LogP contribution in [0.5, 0.6) is 0 Å². The van der Waals surface area contributed by atoms with Crippen LogP contribution in [0, 0.1) is 0 Å². The summed E-state index contributed by atoms with van der Waals surface area (Å²) in [7, 11) is 1.49. The number of hydrogen-bond acceptors (Lipinski definition) is 4. The van der Waals surface area contributed by atoms with Crippen molar-refractivity contribution in [1.29, 1.82) is 0 Å². The number of aliphatic hydroxyl groups is 1. The maximum atomic E-state index is 11.9. The minimum Gasteiger partial charge on any atom is -0.394 e. The van der Waals surface area contributed by atoms with Crippen molar-refractivity contribution in [3.05, 3.63) is 29.8 Å². The molecular formula is C13H18N2O4. The molecule has 104 valence electrons. The molecule has 0 radical (unpaired) electrons. The Balaban J connectivity index is 2.73. The molecule has 1 aromatic rings. The van der Waals surface area contributed by atoms with Crippen molar-refractivity contribution in [3.8, 4) is 0 Å². The zero-order valence-electron chi connectivity index (χ0n) is 11.0. The standard InChI is InChI=1S/C13H18N2O4/c1-9(17)14-11-5-3-4-10(6-11)13(18)15-12(7-16)8-19-2/h3-6,12,16H,7-8H2,1-2H3,(H,14,17)(H,15,18). The average molecular weight is 266 g/mol. The predicted molar refractivity (Wildman–Crippen MR) is 71.0 cm³/mol. The normalized spacial score (nSPS) is 11.7. The van der Waals surface area contributed by atoms with Crippen molar-refractivity contribution < 1.29 is 19.4 Å². The smallest absolute Gasteiger partial charge is 0.251 e. The number of aliphatic hydroxyl groups excluding tert-OH is 1. The molecule has 0 heterocycles. The van der Waals surface area contributed by atoms with Gasteiger partial charge in [-0.25, -0.2) is 0 Å². The van der Waals surface area contributed by atoms with Gasteiger partial charge in [0.15, 0.2) is 0 Å². The zero-order chi connectivity index (χ0) is 14.3. The molecule has 19 heavy (non-hydrogen) atoms. The summed E-state index contributed by atoms with van der Waals surface area (Å²) < 4.78 is 4.88. The first-order valence-corrected chi connectivity index (χ1v) is 5.85. The van der Waals surface area contributed by atoms with Gasteiger partial charge in [-0.05, 0) is 18.2 Å². The lowest BCUT2D eigenvalue weighted by atomic mass is 10.1. The molecule has 0 aromatic heterocycles. The van der Waals surface area contributed by atoms with Crippen LogP contribution in [0.25, 0.3) is 0 Å². The van der Waals surface area contributed by atoms with Gasteiger partial charge in [0.05, 0.1) is 19.3 Å². The van der Waals surface area contributed by atoms with Crippen LogP contribution in [0.3, 0.4) is 0 Å². The van der Waals surface area contributed by atoms with Crippen LogP contribution in [0.4, 0.5) is 5.69 Å². The molecule has 6 nitrogen and oxygen atoms in total. The number of methoxy groups -OCH3 is 1. The van der Waals surface area contributed by atoms with E-state index in [2.05, 4.69) is 10.6 Å². The Labute approximate surface area is 111 Å². The van der Waals surface area contributed by atoms with E-state index in [9.17, 15) is 9.59 Å². The summed E-state index contributed by atoms with van der Waals surface area (Å²) in [6.45, 7) is 1.42. The number of carbonyl (C=O) groups excluding carboxylic acids is 2. The lowest BCUT2D eigenvalue weighted by Crippen LogP contribution is -2.40. The molecular weight excluding hydrogens is 248 g/mol. The van der Waals surface area contributed by atoms with Crippen LogP contribution in [0.15, 0.2) is 24.3 Å². The number of nitrogens with one attached hydrogen (secondary N) is 2. The monoisotopic (exact) mass is 266 g/mol. The van der Waals surface area contributed by atoms with Crippen molar-refractivity contribution in [2.45, 2.75) is 13.0 Å². The second-order valence-electron chi connectivity index (χ2n) is 4.07. The van der Waals surface area contributed by atoms with Gasteiger partial charge in [-0.2, -0.15) is 0 Å². The number of hydrogen-bond donors (Lipinski definition) is 3. The number of benzene rings is 1. The van der Waals surface area contributed by atoms with Crippen LogP contribution in [0.1, 0.15) is 17.3 Å². The first-order valence-electron chi connectivity index (χ1n) is 5.85. The highest BCUT2D eigenvalue weighted by molar-refractivity contribution is 5.96. The predicted octanol–water partition coefficient (Wildman–Crippen LogP) is 0.382. The van der Waals surface area contributed by atoms with Crippen LogP contribution in [-0.2, 0) is 9.53 Å². The second-order valence-corrected chi connectivity index (χ2v) is 4.07. The maximum absolute atomic E-state index is 11.9. The SMILES string of the molecule is COCC(CO)NC(=O)c1cccc(NC(C)=O)c1. The minimum atomic E-state index is -0.457. The van der Waals surface area contributed by atoms with Gasteiger partial charge < -0.3 is 20.5 Å². The number of carbonyl (C=O) groups is 2. The van der Waals surface area contributed by atoms with Gasteiger partial charge in [0.2, 0.25) is 5.91 Å². The molecule has 1 aromatic carbocycles. The Kier molecular flexibility index (Phi) is 5.98. The Morgan fingerprint density at radius 1 is 1.42 bits per heavy atom. The van der Waals surface area contributed by atoms with Gasteiger partial charge in [0.25, 0.3) is 5.91 Å². The van der Waals surface area contributed by atoms with Gasteiger partial charge >= 0.3 is 0 Å². The molecule has 0 bridgehead atoms. The molecule has 0 aliphatic carbocycles. The largest absolute Gasteiger partial charge is 0.394 e. The summed E-state index contributed by atoms with van der Waals surface area (Å²) in [5, 5.41) is 14.3. The molecule has 0 spiro atoms. The van der Waals surface area contributed by atoms with Crippen molar-refractivity contribution in [2.24, 2.45) is 0 Å². The highest BCUT2D eigenvalue weighted by Gasteiger charge is 2.13. The van der Waals surface area contributed by atoms with Gasteiger partial charge in [-0.1, -0.05) is 6.07 Å². The zero-order valence-corrected chi connectivity index (χ0v) is 11.0. The Morgan fingerprint density at radius 3 is 2.74 bits per heavy atom. The van der Waals surface area contributed by atoms with E-state index in [1.807, 2.05) is 0 Å². The van der Waals surface area contributed by atoms with Crippen molar-refractivity contribution in [3.63, 3.8) is 0 Å². The lowest BCUT2D eigenvalue weighted by Gasteiger charge is -2.15. The third-order valence-corrected chi connectivity index (χ3v) is 2.37. The fourth-order valence-electron chi connectivity index (χ4n) is 1.55. The van der Waals surface area contributed by atoms with Gasteiger partial charge in [0, 0.05) is 25.3 Å². The van der Waals surface area contributed by atoms with E-state index in [-0.39, 0.29) is 25.0 Å². The van der Waals surface area contributed by atoms with Gasteiger partial charge in [-0.3, -0.25) is 9.59 Å². The third-order valence-electron chi connectivity index (χ3n) is 2.37. The van der Waals surface area contributed by atoms with Crippen molar-refractivity contribution >= 4 is 17.5 Å². The Hall–Kier alpha value is -1.92. The molecule has 0 aliphatic heterocycles. The van der Waals surface area contributed by atoms with Gasteiger partial charge in [-0.15, -0.1) is 0 Å². The maximum Gasteiger partial charge on any atom is 0.251 e. The van der Waals surface area contributed by atoms with Crippen molar-refractivity contribution in [1.82, 2.24) is 5.32 Å². The van der Waals surface area contributed by atoms with E-state index in [4.69, 9.17) is 9.84 Å². The van der Waals surface area contributed by atoms with E-state index >= 15 is 0 Å². The summed E-state index contributed by atoms with van der Waals surface area (Å²) in [5.41, 5.74) is 0.952. The van der Waals surface area contributed by atoms with Crippen LogP contribution in [0.2, 0.25) is 0 Å². The number of rotatable bonds is 6. The number of amides is 2. The first kappa shape index (κ1) is 15.1. The minimum absolute atomic E-state index is 0.203. The number of ether oxygens (including phenoxy) is 1. The molecule has 1 rings (SSSR count). The van der Waals surface area contributed by atoms with Crippen LogP contribution in [-0.4, -0.2) is 43.3 Å². The first-order chi connectivity index (χ1) is 9.06. The van der Waals surface area contributed by atoms with E-state index in [0.717, 1.165) is 0 Å². The fourth-order valence-corrected chi connectivity index (χ4v) is 1.55. The average Bonchev–Trinajstić information content (AvgIpc) is 2.37. The molecule has 6 heteroatoms. The van der Waals surface area contributed by atoms with E-state index in [1.54, 1.807) is 24.3 Å². The topological polar surface area (TPSA) is 87.7 Å². The van der Waals surface area contributed by atoms with Crippen LogP contribution >= 0.6 is 0 Å². The Morgan fingerprint density at radius 2 is 2.16 bits per heavy atom. The quantitative estimate of drug-likeness (QED) is 0.694. The summed E-state index contributed by atoms with van der Waals surface area (Å²) in [6.07, 6.45) is 0. The Bertz CT molecular complexity index is 448. The highest BCUT2D eigenvalue weighted by atomic mass is 16.5. The summed E-state index contributed by atoms with van der Waals surface area (Å²) >= 11 is 0. The summed E-state index contributed by atoms with van der Waals surface area (Å²) in [4.78, 5) is 22.9. The molecule has 0 fully saturated rings. The van der Waals surface area contributed by atoms with Crippen molar-refractivity contribution in [2.75, 3.05) is 25.6 Å². The van der Waals surface area contributed by atoms with Gasteiger partial charge in [0.1, 0.15) is 0 Å². The molecule has 0 aliphatic rings. The van der Waals surface area contributed by atoms with E-state index in [0.29, 0.717) is 11.3 Å². The number of anilines is 1.